The van der Waals surface area contributed by atoms with Gasteiger partial charge in [0.1, 0.15) is 0 Å². The van der Waals surface area contributed by atoms with E-state index in [1.165, 1.54) is 18.4 Å². The molecule has 4 heteroatoms. The van der Waals surface area contributed by atoms with Crippen LogP contribution in [-0.4, -0.2) is 43.8 Å². The van der Waals surface area contributed by atoms with Gasteiger partial charge >= 0.3 is 0 Å². The van der Waals surface area contributed by atoms with Crippen LogP contribution in [0.5, 0.6) is 0 Å². The molecule has 23 heavy (non-hydrogen) atoms. The van der Waals surface area contributed by atoms with Crippen molar-refractivity contribution in [1.29, 1.82) is 0 Å². The highest BCUT2D eigenvalue weighted by Gasteiger charge is 2.27. The van der Waals surface area contributed by atoms with Crippen molar-refractivity contribution >= 4 is 5.90 Å². The molecule has 0 radical (unpaired) electrons. The summed E-state index contributed by atoms with van der Waals surface area (Å²) in [5.41, 5.74) is 1.37. The van der Waals surface area contributed by atoms with E-state index in [4.69, 9.17) is 14.6 Å². The van der Waals surface area contributed by atoms with Crippen molar-refractivity contribution in [1.82, 2.24) is 5.01 Å². The molecule has 2 fully saturated rings. The number of hydrogen-bond acceptors (Lipinski definition) is 4. The summed E-state index contributed by atoms with van der Waals surface area (Å²) in [4.78, 5) is 0. The summed E-state index contributed by atoms with van der Waals surface area (Å²) in [5.74, 6) is 1.33. The van der Waals surface area contributed by atoms with Crippen molar-refractivity contribution in [2.75, 3.05) is 26.9 Å². The van der Waals surface area contributed by atoms with Crippen molar-refractivity contribution in [2.45, 2.75) is 44.6 Å². The van der Waals surface area contributed by atoms with Gasteiger partial charge in [-0.05, 0) is 44.1 Å². The van der Waals surface area contributed by atoms with Crippen LogP contribution in [0.4, 0.5) is 0 Å². The van der Waals surface area contributed by atoms with E-state index < -0.39 is 0 Å². The second kappa shape index (κ2) is 8.34. The van der Waals surface area contributed by atoms with E-state index in [-0.39, 0.29) is 0 Å². The minimum absolute atomic E-state index is 0.392. The number of methoxy groups -OCH3 is 1. The van der Waals surface area contributed by atoms with Crippen molar-refractivity contribution < 1.29 is 9.47 Å². The van der Waals surface area contributed by atoms with Crippen LogP contribution in [0.2, 0.25) is 0 Å². The number of rotatable bonds is 5. The molecule has 0 saturated carbocycles. The third-order valence-electron chi connectivity index (χ3n) is 4.80. The summed E-state index contributed by atoms with van der Waals surface area (Å²) in [6.45, 7) is 2.56. The number of hydrazone groups is 1. The molecule has 0 amide bonds. The Morgan fingerprint density at radius 3 is 2.87 bits per heavy atom. The molecule has 0 unspecified atom stereocenters. The second-order valence-electron chi connectivity index (χ2n) is 6.58. The monoisotopic (exact) mass is 316 g/mol. The maximum absolute atomic E-state index is 6.04. The van der Waals surface area contributed by atoms with E-state index in [2.05, 4.69) is 35.3 Å². The summed E-state index contributed by atoms with van der Waals surface area (Å²) >= 11 is 0. The summed E-state index contributed by atoms with van der Waals surface area (Å²) in [5, 5.41) is 7.12. The lowest BCUT2D eigenvalue weighted by atomic mass is 9.94. The molecule has 2 aliphatic rings. The van der Waals surface area contributed by atoms with Crippen LogP contribution in [0, 0.1) is 5.92 Å². The summed E-state index contributed by atoms with van der Waals surface area (Å²) in [6, 6.07) is 11.1. The van der Waals surface area contributed by atoms with E-state index in [1.54, 1.807) is 7.11 Å². The van der Waals surface area contributed by atoms with Crippen molar-refractivity contribution in [3.05, 3.63) is 35.9 Å². The summed E-state index contributed by atoms with van der Waals surface area (Å²) in [7, 11) is 1.77. The fraction of sp³-hybridized carbons (Fsp3) is 0.632. The number of nitrogens with zero attached hydrogens (tertiary/aromatic N) is 2. The predicted octanol–water partition coefficient (Wildman–Crippen LogP) is 3.47. The first-order valence-corrected chi connectivity index (χ1v) is 8.87. The lowest BCUT2D eigenvalue weighted by molar-refractivity contribution is 0.114. The molecule has 2 heterocycles. The minimum atomic E-state index is 0.392. The number of ether oxygens (including phenoxy) is 2. The van der Waals surface area contributed by atoms with Crippen molar-refractivity contribution in [3.8, 4) is 0 Å². The van der Waals surface area contributed by atoms with E-state index in [1.807, 2.05) is 0 Å². The van der Waals surface area contributed by atoms with Crippen LogP contribution in [0.25, 0.3) is 0 Å². The highest BCUT2D eigenvalue weighted by molar-refractivity contribution is 5.79. The van der Waals surface area contributed by atoms with Gasteiger partial charge in [-0.25, -0.2) is 0 Å². The highest BCUT2D eigenvalue weighted by Crippen LogP contribution is 2.24. The lowest BCUT2D eigenvalue weighted by Gasteiger charge is -2.24. The molecule has 3 rings (SSSR count). The summed E-state index contributed by atoms with van der Waals surface area (Å²) < 4.78 is 11.4. The molecule has 0 aromatic heterocycles. The van der Waals surface area contributed by atoms with Gasteiger partial charge in [-0.1, -0.05) is 30.3 Å². The van der Waals surface area contributed by atoms with Gasteiger partial charge in [-0.15, -0.1) is 5.10 Å². The average molecular weight is 316 g/mol. The maximum atomic E-state index is 6.04. The molecule has 1 aromatic carbocycles. The molecule has 0 spiro atoms. The predicted molar refractivity (Wildman–Crippen MR) is 92.5 cm³/mol. The molecule has 2 saturated heterocycles. The van der Waals surface area contributed by atoms with Crippen molar-refractivity contribution in [3.63, 3.8) is 0 Å². The van der Waals surface area contributed by atoms with Crippen LogP contribution in [0.3, 0.4) is 0 Å². The quantitative estimate of drug-likeness (QED) is 0.834. The Balaban J connectivity index is 1.74. The van der Waals surface area contributed by atoms with Crippen LogP contribution >= 0.6 is 0 Å². The van der Waals surface area contributed by atoms with Gasteiger partial charge < -0.3 is 9.47 Å². The molecule has 0 aliphatic carbocycles. The zero-order chi connectivity index (χ0) is 15.9. The first kappa shape index (κ1) is 16.3. The van der Waals surface area contributed by atoms with Crippen LogP contribution < -0.4 is 0 Å². The molecule has 0 bridgehead atoms. The first-order chi connectivity index (χ1) is 11.4. The number of hydrogen-bond donors (Lipinski definition) is 0. The van der Waals surface area contributed by atoms with E-state index in [0.717, 1.165) is 51.3 Å². The van der Waals surface area contributed by atoms with E-state index in [9.17, 15) is 0 Å². The Morgan fingerprint density at radius 2 is 2.04 bits per heavy atom. The third kappa shape index (κ3) is 4.47. The second-order valence-corrected chi connectivity index (χ2v) is 6.58. The fourth-order valence-electron chi connectivity index (χ4n) is 3.55. The van der Waals surface area contributed by atoms with Gasteiger partial charge in [-0.2, -0.15) is 0 Å². The van der Waals surface area contributed by atoms with Gasteiger partial charge in [0.05, 0.1) is 19.3 Å². The standard InChI is InChI=1S/C19H28N2O2/c1-22-15-18-11-7-12-21(18)20-19-17(10-5-6-13-23-19)14-16-8-3-2-4-9-16/h2-4,8-9,17-18H,5-7,10-15H2,1H3/b20-19-/t17-,18-/m0/s1. The molecule has 126 valence electrons. The third-order valence-corrected chi connectivity index (χ3v) is 4.80. The van der Waals surface area contributed by atoms with Gasteiger partial charge in [0.25, 0.3) is 0 Å². The molecular weight excluding hydrogens is 288 g/mol. The number of benzene rings is 1. The van der Waals surface area contributed by atoms with Crippen LogP contribution in [-0.2, 0) is 15.9 Å². The molecule has 2 aliphatic heterocycles. The zero-order valence-electron chi connectivity index (χ0n) is 14.1. The molecule has 2 atom stereocenters. The molecule has 4 nitrogen and oxygen atoms in total. The van der Waals surface area contributed by atoms with Gasteiger partial charge in [0.15, 0.2) is 0 Å². The van der Waals surface area contributed by atoms with Crippen LogP contribution in [0.1, 0.15) is 37.7 Å². The highest BCUT2D eigenvalue weighted by atomic mass is 16.5. The topological polar surface area (TPSA) is 34.1 Å². The van der Waals surface area contributed by atoms with Gasteiger partial charge in [0, 0.05) is 19.6 Å². The van der Waals surface area contributed by atoms with Crippen molar-refractivity contribution in [2.24, 2.45) is 11.0 Å². The molecule has 1 aromatic rings. The SMILES string of the molecule is COC[C@@H]1CCCN1/N=C1\OCCCC[C@H]1Cc1ccccc1. The Bertz CT molecular complexity index is 503. The zero-order valence-corrected chi connectivity index (χ0v) is 14.1. The van der Waals surface area contributed by atoms with Crippen LogP contribution in [0.15, 0.2) is 35.4 Å². The average Bonchev–Trinajstić information content (AvgIpc) is 2.89. The Morgan fingerprint density at radius 1 is 1.17 bits per heavy atom. The smallest absolute Gasteiger partial charge is 0.209 e. The Hall–Kier alpha value is -1.55. The van der Waals surface area contributed by atoms with Gasteiger partial charge in [-0.3, -0.25) is 5.01 Å². The minimum Gasteiger partial charge on any atom is -0.480 e. The maximum Gasteiger partial charge on any atom is 0.209 e. The lowest BCUT2D eigenvalue weighted by Crippen LogP contribution is -2.31. The largest absolute Gasteiger partial charge is 0.480 e. The van der Waals surface area contributed by atoms with Gasteiger partial charge in [0.2, 0.25) is 5.90 Å². The fourth-order valence-corrected chi connectivity index (χ4v) is 3.55. The summed E-state index contributed by atoms with van der Waals surface area (Å²) in [6.07, 6.45) is 6.88. The molecular formula is C19H28N2O2. The Labute approximate surface area is 139 Å². The van der Waals surface area contributed by atoms with E-state index in [0.29, 0.717) is 12.0 Å². The first-order valence-electron chi connectivity index (χ1n) is 8.87. The Kier molecular flexibility index (Phi) is 5.92. The van der Waals surface area contributed by atoms with E-state index >= 15 is 0 Å². The normalized spacial score (nSPS) is 27.0. The molecule has 0 N–H and O–H groups in total.